The fourth-order valence-electron chi connectivity index (χ4n) is 1.07. The molecule has 17 heavy (non-hydrogen) atoms. The first kappa shape index (κ1) is 13.4. The second-order valence-electron chi connectivity index (χ2n) is 3.55. The Kier molecular flexibility index (Phi) is 4.84. The lowest BCUT2D eigenvalue weighted by Crippen LogP contribution is -2.34. The lowest BCUT2D eigenvalue weighted by atomic mass is 10.3. The van der Waals surface area contributed by atoms with Crippen LogP contribution in [-0.2, 0) is 4.79 Å². The van der Waals surface area contributed by atoms with E-state index in [1.165, 1.54) is 6.92 Å². The van der Waals surface area contributed by atoms with Gasteiger partial charge in [-0.15, -0.1) is 0 Å². The van der Waals surface area contributed by atoms with Crippen molar-refractivity contribution in [1.82, 2.24) is 5.32 Å². The van der Waals surface area contributed by atoms with Crippen molar-refractivity contribution < 1.29 is 23.4 Å². The quantitative estimate of drug-likeness (QED) is 0.808. The van der Waals surface area contributed by atoms with Crippen molar-refractivity contribution in [2.24, 2.45) is 0 Å². The first-order valence-electron chi connectivity index (χ1n) is 5.01. The minimum Gasteiger partial charge on any atom is -0.484 e. The molecule has 0 saturated heterocycles. The Hall–Kier alpha value is -1.69. The van der Waals surface area contributed by atoms with Gasteiger partial charge in [-0.2, -0.15) is 0 Å². The number of aliphatic hydroxyl groups excluding tert-OH is 1. The molecule has 6 heteroatoms. The number of hydrogen-bond donors (Lipinski definition) is 2. The van der Waals surface area contributed by atoms with Crippen molar-refractivity contribution in [3.05, 3.63) is 29.8 Å². The van der Waals surface area contributed by atoms with Gasteiger partial charge in [0.1, 0.15) is 17.4 Å². The van der Waals surface area contributed by atoms with Crippen LogP contribution in [0, 0.1) is 11.6 Å². The van der Waals surface area contributed by atoms with Gasteiger partial charge in [-0.3, -0.25) is 4.79 Å². The number of carbonyl (C=O) groups excluding carboxylic acids is 1. The minimum absolute atomic E-state index is 0.0605. The highest BCUT2D eigenvalue weighted by atomic mass is 19.1. The molecule has 1 rings (SSSR count). The van der Waals surface area contributed by atoms with E-state index in [9.17, 15) is 13.6 Å². The van der Waals surface area contributed by atoms with E-state index in [-0.39, 0.29) is 18.9 Å². The zero-order valence-electron chi connectivity index (χ0n) is 9.24. The molecule has 0 fully saturated rings. The Morgan fingerprint density at radius 1 is 1.41 bits per heavy atom. The predicted octanol–water partition coefficient (Wildman–Crippen LogP) is 0.841. The molecular weight excluding hydrogens is 232 g/mol. The Balaban J connectivity index is 2.42. The van der Waals surface area contributed by atoms with Crippen LogP contribution in [0.25, 0.3) is 0 Å². The molecule has 94 valence electrons. The third-order valence-electron chi connectivity index (χ3n) is 1.80. The van der Waals surface area contributed by atoms with Crippen molar-refractivity contribution >= 4 is 5.91 Å². The van der Waals surface area contributed by atoms with E-state index in [4.69, 9.17) is 9.84 Å². The number of hydrogen-bond acceptors (Lipinski definition) is 3. The van der Waals surface area contributed by atoms with Crippen LogP contribution in [-0.4, -0.2) is 30.3 Å². The molecule has 0 heterocycles. The van der Waals surface area contributed by atoms with Gasteiger partial charge in [0.15, 0.2) is 6.61 Å². The van der Waals surface area contributed by atoms with E-state index in [0.717, 1.165) is 12.1 Å². The number of ether oxygens (including phenoxy) is 1. The van der Waals surface area contributed by atoms with E-state index >= 15 is 0 Å². The number of nitrogens with one attached hydrogen (secondary N) is 1. The number of carbonyl (C=O) groups is 1. The van der Waals surface area contributed by atoms with Crippen molar-refractivity contribution in [2.45, 2.75) is 13.0 Å². The van der Waals surface area contributed by atoms with Crippen molar-refractivity contribution in [3.8, 4) is 5.75 Å². The summed E-state index contributed by atoms with van der Waals surface area (Å²) < 4.78 is 30.4. The first-order valence-corrected chi connectivity index (χ1v) is 5.01. The molecule has 1 aromatic carbocycles. The molecule has 0 aliphatic heterocycles. The van der Waals surface area contributed by atoms with Gasteiger partial charge in [-0.1, -0.05) is 0 Å². The highest BCUT2D eigenvalue weighted by molar-refractivity contribution is 5.77. The molecular formula is C11H13F2NO3. The second kappa shape index (κ2) is 6.15. The zero-order chi connectivity index (χ0) is 12.8. The Morgan fingerprint density at radius 3 is 2.53 bits per heavy atom. The monoisotopic (exact) mass is 245 g/mol. The molecule has 1 amide bonds. The molecule has 0 spiro atoms. The molecule has 1 unspecified atom stereocenters. The smallest absolute Gasteiger partial charge is 0.258 e. The highest BCUT2D eigenvalue weighted by Crippen LogP contribution is 2.14. The zero-order valence-corrected chi connectivity index (χ0v) is 9.24. The standard InChI is InChI=1S/C11H13F2NO3/c1-7(15)5-14-11(16)6-17-10-3-8(12)2-9(13)4-10/h2-4,7,15H,5-6H2,1H3,(H,14,16). The number of amides is 1. The van der Waals surface area contributed by atoms with Crippen molar-refractivity contribution in [1.29, 1.82) is 0 Å². The van der Waals surface area contributed by atoms with Crippen LogP contribution in [0.4, 0.5) is 8.78 Å². The van der Waals surface area contributed by atoms with E-state index in [2.05, 4.69) is 5.32 Å². The van der Waals surface area contributed by atoms with E-state index < -0.39 is 23.6 Å². The third-order valence-corrected chi connectivity index (χ3v) is 1.80. The summed E-state index contributed by atoms with van der Waals surface area (Å²) in [5, 5.41) is 11.3. The SMILES string of the molecule is CC(O)CNC(=O)COc1cc(F)cc(F)c1. The molecule has 0 saturated carbocycles. The van der Waals surface area contributed by atoms with E-state index in [1.807, 2.05) is 0 Å². The van der Waals surface area contributed by atoms with Gasteiger partial charge >= 0.3 is 0 Å². The summed E-state index contributed by atoms with van der Waals surface area (Å²) in [5.74, 6) is -2.08. The highest BCUT2D eigenvalue weighted by Gasteiger charge is 2.06. The number of rotatable bonds is 5. The average Bonchev–Trinajstić information content (AvgIpc) is 2.22. The maximum Gasteiger partial charge on any atom is 0.258 e. The maximum absolute atomic E-state index is 12.8. The molecule has 0 radical (unpaired) electrons. The lowest BCUT2D eigenvalue weighted by Gasteiger charge is -2.08. The van der Waals surface area contributed by atoms with Crippen LogP contribution in [0.2, 0.25) is 0 Å². The van der Waals surface area contributed by atoms with Crippen LogP contribution in [0.1, 0.15) is 6.92 Å². The van der Waals surface area contributed by atoms with Crippen LogP contribution in [0.3, 0.4) is 0 Å². The summed E-state index contributed by atoms with van der Waals surface area (Å²) in [6.45, 7) is 1.25. The fraction of sp³-hybridized carbons (Fsp3) is 0.364. The number of benzene rings is 1. The van der Waals surface area contributed by atoms with E-state index in [0.29, 0.717) is 6.07 Å². The minimum atomic E-state index is -0.774. The fourth-order valence-corrected chi connectivity index (χ4v) is 1.07. The van der Waals surface area contributed by atoms with Gasteiger partial charge in [-0.05, 0) is 6.92 Å². The molecule has 2 N–H and O–H groups in total. The van der Waals surface area contributed by atoms with Gasteiger partial charge < -0.3 is 15.2 Å². The lowest BCUT2D eigenvalue weighted by molar-refractivity contribution is -0.123. The summed E-state index contributed by atoms with van der Waals surface area (Å²) in [5.41, 5.74) is 0. The Morgan fingerprint density at radius 2 is 2.00 bits per heavy atom. The van der Waals surface area contributed by atoms with E-state index in [1.54, 1.807) is 0 Å². The average molecular weight is 245 g/mol. The normalized spacial score (nSPS) is 12.0. The topological polar surface area (TPSA) is 58.6 Å². The van der Waals surface area contributed by atoms with Crippen LogP contribution >= 0.6 is 0 Å². The number of aliphatic hydroxyl groups is 1. The first-order chi connectivity index (χ1) is 7.97. The van der Waals surface area contributed by atoms with Crippen molar-refractivity contribution in [2.75, 3.05) is 13.2 Å². The molecule has 0 aromatic heterocycles. The van der Waals surface area contributed by atoms with Gasteiger partial charge in [0, 0.05) is 24.7 Å². The molecule has 0 aliphatic carbocycles. The third kappa shape index (κ3) is 5.26. The van der Waals surface area contributed by atoms with Crippen molar-refractivity contribution in [3.63, 3.8) is 0 Å². The largest absolute Gasteiger partial charge is 0.484 e. The molecule has 0 aliphatic rings. The maximum atomic E-state index is 12.8. The summed E-state index contributed by atoms with van der Waals surface area (Å²) in [6.07, 6.45) is -0.662. The van der Waals surface area contributed by atoms with Gasteiger partial charge in [0.25, 0.3) is 5.91 Å². The summed E-state index contributed by atoms with van der Waals surface area (Å²) >= 11 is 0. The summed E-state index contributed by atoms with van der Waals surface area (Å²) in [7, 11) is 0. The summed E-state index contributed by atoms with van der Waals surface area (Å²) in [4.78, 5) is 11.2. The van der Waals surface area contributed by atoms with Crippen LogP contribution in [0.5, 0.6) is 5.75 Å². The van der Waals surface area contributed by atoms with Crippen LogP contribution in [0.15, 0.2) is 18.2 Å². The van der Waals surface area contributed by atoms with Gasteiger partial charge in [0.05, 0.1) is 6.10 Å². The number of halogens is 2. The molecule has 1 aromatic rings. The van der Waals surface area contributed by atoms with Gasteiger partial charge in [-0.25, -0.2) is 8.78 Å². The van der Waals surface area contributed by atoms with Crippen LogP contribution < -0.4 is 10.1 Å². The molecule has 1 atom stereocenters. The summed E-state index contributed by atoms with van der Waals surface area (Å²) in [6, 6.07) is 2.66. The Labute approximate surface area is 97.2 Å². The molecule has 4 nitrogen and oxygen atoms in total. The van der Waals surface area contributed by atoms with Gasteiger partial charge in [0.2, 0.25) is 0 Å². The predicted molar refractivity (Wildman–Crippen MR) is 56.5 cm³/mol. The Bertz CT molecular complexity index is 376. The second-order valence-corrected chi connectivity index (χ2v) is 3.55. The molecule has 0 bridgehead atoms.